The third kappa shape index (κ3) is 3.71. The Bertz CT molecular complexity index is 712. The van der Waals surface area contributed by atoms with Crippen molar-refractivity contribution < 1.29 is 23.9 Å². The Morgan fingerprint density at radius 3 is 2.24 bits per heavy atom. The highest BCUT2D eigenvalue weighted by Gasteiger charge is 2.20. The van der Waals surface area contributed by atoms with Crippen molar-refractivity contribution in [3.8, 4) is 11.3 Å². The molecule has 0 aliphatic heterocycles. The number of carbonyl (C=O) groups is 3. The van der Waals surface area contributed by atoms with Crippen molar-refractivity contribution >= 4 is 40.7 Å². The van der Waals surface area contributed by atoms with E-state index in [0.717, 1.165) is 0 Å². The number of carboxylic acids is 1. The van der Waals surface area contributed by atoms with Crippen LogP contribution in [0.15, 0.2) is 34.7 Å². The zero-order valence-electron chi connectivity index (χ0n) is 10.4. The van der Waals surface area contributed by atoms with Crippen molar-refractivity contribution in [3.63, 3.8) is 0 Å². The lowest BCUT2D eigenvalue weighted by Gasteiger charge is -2.00. The maximum Gasteiger partial charge on any atom is 0.372 e. The molecule has 0 radical (unpaired) electrons. The summed E-state index contributed by atoms with van der Waals surface area (Å²) < 4.78 is 5.31. The number of Topliss-reactive ketones (excluding diaryl/α,β-unsaturated/α-hetero) is 2. The van der Waals surface area contributed by atoms with E-state index in [4.69, 9.17) is 32.7 Å². The van der Waals surface area contributed by atoms with E-state index < -0.39 is 24.0 Å². The molecule has 5 nitrogen and oxygen atoms in total. The van der Waals surface area contributed by atoms with Gasteiger partial charge in [0.25, 0.3) is 0 Å². The molecule has 2 rings (SSSR count). The van der Waals surface area contributed by atoms with Crippen LogP contribution in [0.25, 0.3) is 11.3 Å². The van der Waals surface area contributed by atoms with Gasteiger partial charge in [0, 0.05) is 15.6 Å². The van der Waals surface area contributed by atoms with E-state index in [9.17, 15) is 14.4 Å². The quantitative estimate of drug-likeness (QED) is 0.516. The molecule has 1 aromatic carbocycles. The molecule has 0 aliphatic carbocycles. The monoisotopic (exact) mass is 326 g/mol. The van der Waals surface area contributed by atoms with Crippen molar-refractivity contribution in [2.24, 2.45) is 0 Å². The number of carboxylic acid groups (broad SMARTS) is 1. The largest absolute Gasteiger partial charge is 0.475 e. The Kier molecular flexibility index (Phi) is 4.45. The molecule has 0 amide bonds. The smallest absolute Gasteiger partial charge is 0.372 e. The lowest BCUT2D eigenvalue weighted by atomic mass is 10.1. The number of ketones is 2. The van der Waals surface area contributed by atoms with Gasteiger partial charge in [-0.3, -0.25) is 9.59 Å². The van der Waals surface area contributed by atoms with Crippen LogP contribution in [-0.4, -0.2) is 22.6 Å². The summed E-state index contributed by atoms with van der Waals surface area (Å²) in [7, 11) is 0. The number of hydrogen-bond acceptors (Lipinski definition) is 4. The summed E-state index contributed by atoms with van der Waals surface area (Å²) >= 11 is 11.7. The molecule has 0 saturated carbocycles. The summed E-state index contributed by atoms with van der Waals surface area (Å²) in [5.41, 5.74) is 0.566. The van der Waals surface area contributed by atoms with Gasteiger partial charge in [0.15, 0.2) is 5.76 Å². The number of benzene rings is 1. The minimum atomic E-state index is -1.66. The molecule has 2 aromatic rings. The third-order valence-corrected chi connectivity index (χ3v) is 3.02. The molecule has 0 aliphatic rings. The molecule has 0 bridgehead atoms. The van der Waals surface area contributed by atoms with Gasteiger partial charge in [0.2, 0.25) is 11.6 Å². The molecule has 7 heteroatoms. The average molecular weight is 327 g/mol. The van der Waals surface area contributed by atoms with Crippen LogP contribution in [0, 0.1) is 0 Å². The number of carbonyl (C=O) groups excluding carboxylic acids is 2. The molecule has 0 spiro atoms. The molecule has 21 heavy (non-hydrogen) atoms. The number of rotatable bonds is 5. The van der Waals surface area contributed by atoms with Crippen LogP contribution < -0.4 is 0 Å². The number of halogens is 2. The topological polar surface area (TPSA) is 84.6 Å². The molecule has 0 saturated heterocycles. The molecule has 1 heterocycles. The highest BCUT2D eigenvalue weighted by Crippen LogP contribution is 2.28. The van der Waals surface area contributed by atoms with Gasteiger partial charge in [0.05, 0.1) is 6.42 Å². The van der Waals surface area contributed by atoms with Crippen molar-refractivity contribution in [3.05, 3.63) is 46.1 Å². The average Bonchev–Trinajstić information content (AvgIpc) is 2.86. The summed E-state index contributed by atoms with van der Waals surface area (Å²) in [4.78, 5) is 33.1. The van der Waals surface area contributed by atoms with Gasteiger partial charge >= 0.3 is 5.97 Å². The lowest BCUT2D eigenvalue weighted by Crippen LogP contribution is -2.16. The summed E-state index contributed by atoms with van der Waals surface area (Å²) in [6, 6.07) is 7.63. The fraction of sp³-hybridized carbons (Fsp3) is 0.0714. The van der Waals surface area contributed by atoms with Gasteiger partial charge < -0.3 is 9.52 Å². The van der Waals surface area contributed by atoms with E-state index in [2.05, 4.69) is 0 Å². The zero-order chi connectivity index (χ0) is 15.6. The molecule has 0 atom stereocenters. The van der Waals surface area contributed by atoms with Crippen molar-refractivity contribution in [2.45, 2.75) is 6.42 Å². The first-order valence-electron chi connectivity index (χ1n) is 5.72. The van der Waals surface area contributed by atoms with E-state index in [1.807, 2.05) is 0 Å². The van der Waals surface area contributed by atoms with E-state index in [1.165, 1.54) is 12.1 Å². The molecular formula is C14H8Cl2O5. The second kappa shape index (κ2) is 6.11. The lowest BCUT2D eigenvalue weighted by molar-refractivity contribution is -0.148. The predicted molar refractivity (Wildman–Crippen MR) is 75.8 cm³/mol. The highest BCUT2D eigenvalue weighted by molar-refractivity contribution is 6.37. The maximum absolute atomic E-state index is 11.7. The van der Waals surface area contributed by atoms with Gasteiger partial charge in [-0.1, -0.05) is 23.2 Å². The van der Waals surface area contributed by atoms with Crippen LogP contribution in [0.1, 0.15) is 17.0 Å². The SMILES string of the molecule is O=C(O)C(=O)CC(=O)c1ccc(-c2cc(Cl)cc(Cl)c2)o1. The van der Waals surface area contributed by atoms with Crippen molar-refractivity contribution in [2.75, 3.05) is 0 Å². The molecule has 1 N–H and O–H groups in total. The van der Waals surface area contributed by atoms with E-state index in [-0.39, 0.29) is 5.76 Å². The van der Waals surface area contributed by atoms with Crippen molar-refractivity contribution in [1.82, 2.24) is 0 Å². The summed E-state index contributed by atoms with van der Waals surface area (Å²) in [6.45, 7) is 0. The standard InChI is InChI=1S/C14H8Cl2O5/c15-8-3-7(4-9(16)5-8)12-1-2-13(21-12)10(17)6-11(18)14(19)20/h1-5H,6H2,(H,19,20). The third-order valence-electron chi connectivity index (χ3n) is 2.59. The Balaban J connectivity index is 2.23. The van der Waals surface area contributed by atoms with Gasteiger partial charge in [-0.2, -0.15) is 0 Å². The summed E-state index contributed by atoms with van der Waals surface area (Å²) in [5.74, 6) is -3.32. The number of aliphatic carboxylic acids is 1. The van der Waals surface area contributed by atoms with Gasteiger partial charge in [-0.25, -0.2) is 4.79 Å². The molecule has 1 aromatic heterocycles. The van der Waals surface area contributed by atoms with E-state index in [0.29, 0.717) is 21.4 Å². The number of hydrogen-bond donors (Lipinski definition) is 1. The minimum Gasteiger partial charge on any atom is -0.475 e. The van der Waals surface area contributed by atoms with E-state index >= 15 is 0 Å². The highest BCUT2D eigenvalue weighted by atomic mass is 35.5. The normalized spacial score (nSPS) is 10.4. The van der Waals surface area contributed by atoms with Gasteiger partial charge in [0.1, 0.15) is 5.76 Å². The first-order chi connectivity index (χ1) is 9.86. The van der Waals surface area contributed by atoms with Gasteiger partial charge in [-0.05, 0) is 30.3 Å². The molecule has 108 valence electrons. The second-order valence-corrected chi connectivity index (χ2v) is 5.02. The first kappa shape index (κ1) is 15.3. The zero-order valence-corrected chi connectivity index (χ0v) is 11.9. The van der Waals surface area contributed by atoms with Crippen LogP contribution in [0.3, 0.4) is 0 Å². The minimum absolute atomic E-state index is 0.101. The van der Waals surface area contributed by atoms with Crippen LogP contribution in [0.4, 0.5) is 0 Å². The fourth-order valence-electron chi connectivity index (χ4n) is 1.65. The van der Waals surface area contributed by atoms with Crippen LogP contribution in [0.5, 0.6) is 0 Å². The van der Waals surface area contributed by atoms with Crippen LogP contribution in [0.2, 0.25) is 10.0 Å². The Morgan fingerprint density at radius 1 is 1.05 bits per heavy atom. The maximum atomic E-state index is 11.7. The summed E-state index contributed by atoms with van der Waals surface area (Å²) in [5, 5.41) is 9.27. The Labute approximate surface area is 129 Å². The van der Waals surface area contributed by atoms with Crippen molar-refractivity contribution in [1.29, 1.82) is 0 Å². The van der Waals surface area contributed by atoms with E-state index in [1.54, 1.807) is 18.2 Å². The molecule has 0 unspecified atom stereocenters. The predicted octanol–water partition coefficient (Wildman–Crippen LogP) is 3.48. The van der Waals surface area contributed by atoms with Gasteiger partial charge in [-0.15, -0.1) is 0 Å². The Morgan fingerprint density at radius 2 is 1.67 bits per heavy atom. The number of furan rings is 1. The second-order valence-electron chi connectivity index (χ2n) is 4.15. The molecule has 0 fully saturated rings. The first-order valence-corrected chi connectivity index (χ1v) is 6.48. The molecular weight excluding hydrogens is 319 g/mol. The van der Waals surface area contributed by atoms with Crippen LogP contribution >= 0.6 is 23.2 Å². The van der Waals surface area contributed by atoms with Crippen LogP contribution in [-0.2, 0) is 9.59 Å². The Hall–Kier alpha value is -2.11. The summed E-state index contributed by atoms with van der Waals surface area (Å²) in [6.07, 6.45) is -0.751. The fourth-order valence-corrected chi connectivity index (χ4v) is 2.17.